The summed E-state index contributed by atoms with van der Waals surface area (Å²) in [5.74, 6) is 1.65. The Hall–Kier alpha value is -1.52. The summed E-state index contributed by atoms with van der Waals surface area (Å²) in [6.45, 7) is 5.53. The number of hydrogen-bond donors (Lipinski definition) is 0. The molecule has 2 heterocycles. The van der Waals surface area contributed by atoms with Gasteiger partial charge in [-0.25, -0.2) is 0 Å². The van der Waals surface area contributed by atoms with Crippen LogP contribution < -0.4 is 9.47 Å². The van der Waals surface area contributed by atoms with Crippen LogP contribution in [0.25, 0.3) is 6.08 Å². The van der Waals surface area contributed by atoms with Crippen LogP contribution in [0.3, 0.4) is 0 Å². The minimum absolute atomic E-state index is 0.322. The van der Waals surface area contributed by atoms with Gasteiger partial charge in [-0.2, -0.15) is 0 Å². The topological polar surface area (TPSA) is 30.9 Å². The van der Waals surface area contributed by atoms with E-state index in [-0.39, 0.29) is 0 Å². The third-order valence-corrected chi connectivity index (χ3v) is 3.88. The molecule has 114 valence electrons. The average Bonchev–Trinajstić information content (AvgIpc) is 3.17. The Labute approximate surface area is 126 Å². The van der Waals surface area contributed by atoms with E-state index in [1.807, 2.05) is 24.3 Å². The molecule has 1 aromatic carbocycles. The molecular formula is C17H23NO3. The fourth-order valence-corrected chi connectivity index (χ4v) is 2.75. The van der Waals surface area contributed by atoms with E-state index in [4.69, 9.17) is 14.2 Å². The van der Waals surface area contributed by atoms with Gasteiger partial charge in [0.1, 0.15) is 0 Å². The van der Waals surface area contributed by atoms with Crippen LogP contribution in [0.2, 0.25) is 0 Å². The van der Waals surface area contributed by atoms with Crippen molar-refractivity contribution in [3.8, 4) is 11.5 Å². The Morgan fingerprint density at radius 3 is 2.90 bits per heavy atom. The summed E-state index contributed by atoms with van der Waals surface area (Å²) in [7, 11) is 0. The van der Waals surface area contributed by atoms with E-state index in [1.165, 1.54) is 32.5 Å². The van der Waals surface area contributed by atoms with E-state index in [0.29, 0.717) is 13.4 Å². The average molecular weight is 289 g/mol. The molecule has 3 rings (SSSR count). The quantitative estimate of drug-likeness (QED) is 0.722. The normalized spacial score (nSPS) is 17.9. The molecule has 0 aromatic heterocycles. The number of likely N-dealkylation sites (tertiary alicyclic amines) is 1. The molecule has 4 heteroatoms. The smallest absolute Gasteiger partial charge is 0.231 e. The van der Waals surface area contributed by atoms with Gasteiger partial charge in [-0.3, -0.25) is 0 Å². The van der Waals surface area contributed by atoms with E-state index in [0.717, 1.165) is 30.1 Å². The van der Waals surface area contributed by atoms with Crippen LogP contribution in [-0.2, 0) is 4.74 Å². The molecule has 0 unspecified atom stereocenters. The lowest BCUT2D eigenvalue weighted by molar-refractivity contribution is 0.149. The van der Waals surface area contributed by atoms with Crippen molar-refractivity contribution < 1.29 is 14.2 Å². The summed E-state index contributed by atoms with van der Waals surface area (Å²) >= 11 is 0. The highest BCUT2D eigenvalue weighted by Gasteiger charge is 2.12. The SMILES string of the molecule is C(=Cc1ccc2c(c1)OCO2)COCCCN1CCCC1. The molecule has 4 nitrogen and oxygen atoms in total. The minimum atomic E-state index is 0.322. The van der Waals surface area contributed by atoms with Crippen LogP contribution in [0.4, 0.5) is 0 Å². The largest absolute Gasteiger partial charge is 0.454 e. The maximum atomic E-state index is 5.64. The Bertz CT molecular complexity index is 481. The lowest BCUT2D eigenvalue weighted by atomic mass is 10.2. The van der Waals surface area contributed by atoms with Crippen LogP contribution in [0.5, 0.6) is 11.5 Å². The first-order valence-electron chi connectivity index (χ1n) is 7.78. The van der Waals surface area contributed by atoms with Crippen LogP contribution in [-0.4, -0.2) is 44.5 Å². The number of nitrogens with zero attached hydrogens (tertiary/aromatic N) is 1. The van der Waals surface area contributed by atoms with Crippen molar-refractivity contribution in [1.29, 1.82) is 0 Å². The summed E-state index contributed by atoms with van der Waals surface area (Å²) in [5.41, 5.74) is 1.11. The maximum Gasteiger partial charge on any atom is 0.231 e. The van der Waals surface area contributed by atoms with Crippen molar-refractivity contribution in [2.75, 3.05) is 39.6 Å². The van der Waals surface area contributed by atoms with Gasteiger partial charge in [0.15, 0.2) is 11.5 Å². The van der Waals surface area contributed by atoms with Gasteiger partial charge < -0.3 is 19.1 Å². The van der Waals surface area contributed by atoms with Crippen LogP contribution in [0.1, 0.15) is 24.8 Å². The molecule has 0 saturated carbocycles. The third-order valence-electron chi connectivity index (χ3n) is 3.88. The van der Waals surface area contributed by atoms with Gasteiger partial charge in [0.05, 0.1) is 6.61 Å². The Morgan fingerprint density at radius 2 is 2.00 bits per heavy atom. The number of hydrogen-bond acceptors (Lipinski definition) is 4. The van der Waals surface area contributed by atoms with Crippen molar-refractivity contribution in [3.05, 3.63) is 29.8 Å². The fraction of sp³-hybridized carbons (Fsp3) is 0.529. The molecule has 0 radical (unpaired) electrons. The fourth-order valence-electron chi connectivity index (χ4n) is 2.75. The van der Waals surface area contributed by atoms with Crippen molar-refractivity contribution in [2.24, 2.45) is 0 Å². The first-order valence-corrected chi connectivity index (χ1v) is 7.78. The van der Waals surface area contributed by atoms with Crippen molar-refractivity contribution in [1.82, 2.24) is 4.90 Å². The molecule has 0 bridgehead atoms. The highest BCUT2D eigenvalue weighted by atomic mass is 16.7. The molecule has 2 aliphatic heterocycles. The lowest BCUT2D eigenvalue weighted by Gasteiger charge is -2.13. The van der Waals surface area contributed by atoms with Crippen molar-refractivity contribution in [2.45, 2.75) is 19.3 Å². The summed E-state index contributed by atoms with van der Waals surface area (Å²) in [6.07, 6.45) is 7.95. The van der Waals surface area contributed by atoms with Crippen molar-refractivity contribution >= 4 is 6.08 Å². The Balaban J connectivity index is 1.31. The molecule has 2 aliphatic rings. The molecule has 0 spiro atoms. The summed E-state index contributed by atoms with van der Waals surface area (Å²) in [4.78, 5) is 2.52. The van der Waals surface area contributed by atoms with Gasteiger partial charge in [-0.05, 0) is 50.0 Å². The second-order valence-corrected chi connectivity index (χ2v) is 5.49. The summed E-state index contributed by atoms with van der Waals surface area (Å²) in [6, 6.07) is 5.96. The molecule has 0 N–H and O–H groups in total. The first-order chi connectivity index (χ1) is 10.4. The van der Waals surface area contributed by atoms with Gasteiger partial charge >= 0.3 is 0 Å². The minimum Gasteiger partial charge on any atom is -0.454 e. The standard InChI is InChI=1S/C17H23NO3/c1-2-9-18(8-1)10-4-12-19-11-3-5-15-6-7-16-17(13-15)21-14-20-16/h3,5-7,13H,1-2,4,8-12,14H2. The van der Waals surface area contributed by atoms with Gasteiger partial charge in [-0.15, -0.1) is 0 Å². The van der Waals surface area contributed by atoms with Crippen LogP contribution >= 0.6 is 0 Å². The Morgan fingerprint density at radius 1 is 1.14 bits per heavy atom. The summed E-state index contributed by atoms with van der Waals surface area (Å²) < 4.78 is 16.3. The molecule has 1 fully saturated rings. The zero-order chi connectivity index (χ0) is 14.3. The molecule has 1 saturated heterocycles. The predicted octanol–water partition coefficient (Wildman–Crippen LogP) is 2.93. The molecule has 21 heavy (non-hydrogen) atoms. The second-order valence-electron chi connectivity index (χ2n) is 5.49. The molecular weight excluding hydrogens is 266 g/mol. The molecule has 1 aromatic rings. The predicted molar refractivity (Wildman–Crippen MR) is 82.7 cm³/mol. The van der Waals surface area contributed by atoms with Gasteiger partial charge in [0.2, 0.25) is 6.79 Å². The number of fused-ring (bicyclic) bond motifs is 1. The van der Waals surface area contributed by atoms with E-state index in [9.17, 15) is 0 Å². The monoisotopic (exact) mass is 289 g/mol. The second kappa shape index (κ2) is 7.48. The first kappa shape index (κ1) is 14.4. The van der Waals surface area contributed by atoms with E-state index in [2.05, 4.69) is 11.0 Å². The molecule has 0 amide bonds. The Kier molecular flexibility index (Phi) is 5.13. The van der Waals surface area contributed by atoms with Gasteiger partial charge in [-0.1, -0.05) is 18.2 Å². The van der Waals surface area contributed by atoms with Crippen LogP contribution in [0, 0.1) is 0 Å². The highest BCUT2D eigenvalue weighted by molar-refractivity contribution is 5.56. The van der Waals surface area contributed by atoms with E-state index >= 15 is 0 Å². The zero-order valence-electron chi connectivity index (χ0n) is 12.4. The maximum absolute atomic E-state index is 5.64. The van der Waals surface area contributed by atoms with Gasteiger partial charge in [0.25, 0.3) is 0 Å². The number of benzene rings is 1. The van der Waals surface area contributed by atoms with E-state index in [1.54, 1.807) is 0 Å². The number of rotatable bonds is 7. The zero-order valence-corrected chi connectivity index (χ0v) is 12.4. The number of ether oxygens (including phenoxy) is 3. The lowest BCUT2D eigenvalue weighted by Crippen LogP contribution is -2.21. The summed E-state index contributed by atoms with van der Waals surface area (Å²) in [5, 5.41) is 0. The van der Waals surface area contributed by atoms with Gasteiger partial charge in [0, 0.05) is 13.2 Å². The van der Waals surface area contributed by atoms with Crippen LogP contribution in [0.15, 0.2) is 24.3 Å². The molecule has 0 aliphatic carbocycles. The third kappa shape index (κ3) is 4.22. The van der Waals surface area contributed by atoms with Crippen molar-refractivity contribution in [3.63, 3.8) is 0 Å². The molecule has 0 atom stereocenters. The highest BCUT2D eigenvalue weighted by Crippen LogP contribution is 2.32. The van der Waals surface area contributed by atoms with E-state index < -0.39 is 0 Å².